The molecule has 4 heteroatoms. The molecule has 0 saturated carbocycles. The number of likely N-dealkylation sites (N-methyl/N-ethyl adjacent to an activating group) is 1. The average molecular weight is 267 g/mol. The van der Waals surface area contributed by atoms with Crippen LogP contribution in [0.4, 0.5) is 0 Å². The van der Waals surface area contributed by atoms with E-state index >= 15 is 0 Å². The van der Waals surface area contributed by atoms with Crippen LogP contribution >= 0.6 is 0 Å². The van der Waals surface area contributed by atoms with E-state index in [1.54, 1.807) is 7.11 Å². The molecule has 0 spiro atoms. The maximum Gasteiger partial charge on any atom is 0.0899 e. The van der Waals surface area contributed by atoms with Crippen molar-refractivity contribution < 1.29 is 14.9 Å². The summed E-state index contributed by atoms with van der Waals surface area (Å²) >= 11 is 0. The summed E-state index contributed by atoms with van der Waals surface area (Å²) in [6, 6.07) is 9.96. The quantitative estimate of drug-likeness (QED) is 0.734. The van der Waals surface area contributed by atoms with Crippen molar-refractivity contribution in [3.63, 3.8) is 0 Å². The average Bonchev–Trinajstić information content (AvgIpc) is 2.39. The van der Waals surface area contributed by atoms with E-state index in [2.05, 4.69) is 0 Å². The van der Waals surface area contributed by atoms with Gasteiger partial charge in [-0.1, -0.05) is 37.3 Å². The summed E-state index contributed by atoms with van der Waals surface area (Å²) in [6.45, 7) is 3.62. The van der Waals surface area contributed by atoms with E-state index in [4.69, 9.17) is 4.74 Å². The van der Waals surface area contributed by atoms with Crippen molar-refractivity contribution >= 4 is 0 Å². The van der Waals surface area contributed by atoms with Crippen LogP contribution in [0.2, 0.25) is 0 Å². The maximum absolute atomic E-state index is 9.73. The van der Waals surface area contributed by atoms with Gasteiger partial charge in [-0.15, -0.1) is 0 Å². The zero-order chi connectivity index (χ0) is 14.3. The van der Waals surface area contributed by atoms with Crippen molar-refractivity contribution in [2.75, 3.05) is 40.5 Å². The molecule has 0 aliphatic carbocycles. The molecule has 0 bridgehead atoms. The van der Waals surface area contributed by atoms with Crippen LogP contribution in [0.25, 0.3) is 0 Å². The Bertz CT molecular complexity index is 358. The van der Waals surface area contributed by atoms with Crippen LogP contribution in [-0.2, 0) is 10.2 Å². The Hall–Kier alpha value is -0.940. The Labute approximate surface area is 115 Å². The molecule has 108 valence electrons. The number of methoxy groups -OCH3 is 1. The minimum absolute atomic E-state index is 0.0712. The van der Waals surface area contributed by atoms with Crippen LogP contribution in [0.3, 0.4) is 0 Å². The molecule has 0 radical (unpaired) electrons. The Morgan fingerprint density at radius 2 is 1.95 bits per heavy atom. The van der Waals surface area contributed by atoms with Crippen LogP contribution in [0.1, 0.15) is 12.5 Å². The second-order valence-corrected chi connectivity index (χ2v) is 5.39. The molecular formula is C15H25NO3. The van der Waals surface area contributed by atoms with Crippen molar-refractivity contribution in [3.05, 3.63) is 35.9 Å². The van der Waals surface area contributed by atoms with Crippen LogP contribution in [0, 0.1) is 0 Å². The van der Waals surface area contributed by atoms with Gasteiger partial charge in [0.1, 0.15) is 0 Å². The van der Waals surface area contributed by atoms with Gasteiger partial charge < -0.3 is 19.8 Å². The molecule has 0 heterocycles. The summed E-state index contributed by atoms with van der Waals surface area (Å²) in [5, 5.41) is 19.4. The van der Waals surface area contributed by atoms with Crippen LogP contribution in [0.15, 0.2) is 30.3 Å². The second-order valence-electron chi connectivity index (χ2n) is 5.39. The summed E-state index contributed by atoms with van der Waals surface area (Å²) in [5.74, 6) is 0. The predicted octanol–water partition coefficient (Wildman–Crippen LogP) is 0.876. The minimum atomic E-state index is -0.506. The Morgan fingerprint density at radius 1 is 1.32 bits per heavy atom. The molecule has 1 aromatic carbocycles. The van der Waals surface area contributed by atoms with Gasteiger partial charge in [-0.2, -0.15) is 0 Å². The van der Waals surface area contributed by atoms with Crippen LogP contribution < -0.4 is 0 Å². The summed E-state index contributed by atoms with van der Waals surface area (Å²) in [6.07, 6.45) is -0.506. The molecule has 2 unspecified atom stereocenters. The fraction of sp³-hybridized carbons (Fsp3) is 0.600. The van der Waals surface area contributed by atoms with Gasteiger partial charge in [0.15, 0.2) is 0 Å². The third-order valence-corrected chi connectivity index (χ3v) is 3.32. The van der Waals surface area contributed by atoms with Crippen molar-refractivity contribution in [3.8, 4) is 0 Å². The molecule has 2 N–H and O–H groups in total. The number of aliphatic hydroxyl groups is 2. The molecule has 0 amide bonds. The first kappa shape index (κ1) is 16.1. The Balaban J connectivity index is 2.65. The lowest BCUT2D eigenvalue weighted by Gasteiger charge is -2.33. The van der Waals surface area contributed by atoms with Crippen molar-refractivity contribution in [1.29, 1.82) is 0 Å². The number of aliphatic hydroxyl groups excluding tert-OH is 2. The topological polar surface area (TPSA) is 52.9 Å². The summed E-state index contributed by atoms with van der Waals surface area (Å²) in [4.78, 5) is 2.02. The molecule has 0 aromatic heterocycles. The van der Waals surface area contributed by atoms with Gasteiger partial charge in [-0.3, -0.25) is 0 Å². The smallest absolute Gasteiger partial charge is 0.0899 e. The summed E-state index contributed by atoms with van der Waals surface area (Å²) < 4.78 is 4.92. The third kappa shape index (κ3) is 4.91. The first-order chi connectivity index (χ1) is 9.01. The van der Waals surface area contributed by atoms with E-state index in [0.29, 0.717) is 19.7 Å². The van der Waals surface area contributed by atoms with E-state index in [1.165, 1.54) is 0 Å². The monoisotopic (exact) mass is 267 g/mol. The number of nitrogens with zero attached hydrogens (tertiary/aromatic N) is 1. The first-order valence-electron chi connectivity index (χ1n) is 6.54. The molecule has 1 aromatic rings. The second kappa shape index (κ2) is 7.60. The molecule has 0 aliphatic rings. The van der Waals surface area contributed by atoms with Gasteiger partial charge in [-0.05, 0) is 12.6 Å². The fourth-order valence-electron chi connectivity index (χ4n) is 2.34. The van der Waals surface area contributed by atoms with Gasteiger partial charge in [0.05, 0.1) is 19.3 Å². The highest BCUT2D eigenvalue weighted by atomic mass is 16.5. The zero-order valence-corrected chi connectivity index (χ0v) is 12.0. The normalized spacial score (nSPS) is 16.3. The van der Waals surface area contributed by atoms with Gasteiger partial charge in [0.25, 0.3) is 0 Å². The first-order valence-corrected chi connectivity index (χ1v) is 6.54. The van der Waals surface area contributed by atoms with E-state index in [9.17, 15) is 10.2 Å². The highest BCUT2D eigenvalue weighted by molar-refractivity contribution is 5.25. The lowest BCUT2D eigenvalue weighted by Crippen LogP contribution is -2.43. The van der Waals surface area contributed by atoms with E-state index in [1.807, 2.05) is 49.2 Å². The summed E-state index contributed by atoms with van der Waals surface area (Å²) in [7, 11) is 3.51. The molecule has 19 heavy (non-hydrogen) atoms. The maximum atomic E-state index is 9.73. The number of benzene rings is 1. The highest BCUT2D eigenvalue weighted by Crippen LogP contribution is 2.24. The number of ether oxygens (including phenoxy) is 1. The lowest BCUT2D eigenvalue weighted by molar-refractivity contribution is 0.0360. The SMILES string of the molecule is COCC(O)CN(C)CC(C)(CO)c1ccccc1. The standard InChI is InChI=1S/C15H25NO3/c1-15(12-17,13-7-5-4-6-8-13)11-16(2)9-14(18)10-19-3/h4-8,14,17-18H,9-12H2,1-3H3. The Kier molecular flexibility index (Phi) is 6.45. The van der Waals surface area contributed by atoms with E-state index in [0.717, 1.165) is 5.56 Å². The van der Waals surface area contributed by atoms with Gasteiger partial charge in [0, 0.05) is 25.6 Å². The lowest BCUT2D eigenvalue weighted by atomic mass is 9.83. The Morgan fingerprint density at radius 3 is 2.47 bits per heavy atom. The van der Waals surface area contributed by atoms with Gasteiger partial charge in [0.2, 0.25) is 0 Å². The molecule has 4 nitrogen and oxygen atoms in total. The van der Waals surface area contributed by atoms with E-state index in [-0.39, 0.29) is 12.0 Å². The van der Waals surface area contributed by atoms with Crippen LogP contribution in [-0.4, -0.2) is 61.7 Å². The molecular weight excluding hydrogens is 242 g/mol. The molecule has 2 atom stereocenters. The molecule has 0 aliphatic heterocycles. The van der Waals surface area contributed by atoms with Crippen molar-refractivity contribution in [2.45, 2.75) is 18.4 Å². The van der Waals surface area contributed by atoms with Crippen molar-refractivity contribution in [2.24, 2.45) is 0 Å². The highest BCUT2D eigenvalue weighted by Gasteiger charge is 2.27. The van der Waals surface area contributed by atoms with Crippen molar-refractivity contribution in [1.82, 2.24) is 4.90 Å². The molecule has 0 fully saturated rings. The zero-order valence-electron chi connectivity index (χ0n) is 12.0. The van der Waals surface area contributed by atoms with Crippen LogP contribution in [0.5, 0.6) is 0 Å². The largest absolute Gasteiger partial charge is 0.395 e. The minimum Gasteiger partial charge on any atom is -0.395 e. The van der Waals surface area contributed by atoms with E-state index < -0.39 is 6.10 Å². The van der Waals surface area contributed by atoms with Gasteiger partial charge >= 0.3 is 0 Å². The number of hydrogen-bond donors (Lipinski definition) is 2. The third-order valence-electron chi connectivity index (χ3n) is 3.32. The summed E-state index contributed by atoms with van der Waals surface area (Å²) in [5.41, 5.74) is 0.772. The number of hydrogen-bond acceptors (Lipinski definition) is 4. The number of rotatable bonds is 8. The molecule has 1 rings (SSSR count). The fourth-order valence-corrected chi connectivity index (χ4v) is 2.34. The predicted molar refractivity (Wildman–Crippen MR) is 76.3 cm³/mol. The molecule has 0 saturated heterocycles. The van der Waals surface area contributed by atoms with Gasteiger partial charge in [-0.25, -0.2) is 0 Å².